The summed E-state index contributed by atoms with van der Waals surface area (Å²) in [5.74, 6) is 0.285. The van der Waals surface area contributed by atoms with Gasteiger partial charge in [-0.25, -0.2) is 0 Å². The van der Waals surface area contributed by atoms with E-state index in [1.165, 1.54) is 0 Å². The molecule has 2 atom stereocenters. The number of carbonyl (C=O) groups excluding carboxylic acids is 1. The van der Waals surface area contributed by atoms with Gasteiger partial charge in [-0.3, -0.25) is 4.79 Å². The molecule has 2 unspecified atom stereocenters. The van der Waals surface area contributed by atoms with E-state index in [4.69, 9.17) is 4.52 Å². The molecule has 3 rings (SSSR count). The van der Waals surface area contributed by atoms with Crippen LogP contribution in [-0.2, 0) is 0 Å². The molecule has 7 heteroatoms. The van der Waals surface area contributed by atoms with Crippen LogP contribution in [-0.4, -0.2) is 22.6 Å². The zero-order chi connectivity index (χ0) is 13.9. The van der Waals surface area contributed by atoms with E-state index in [2.05, 4.69) is 20.8 Å². The number of hydrogen-bond donors (Lipinski definition) is 2. The normalized spacial score (nSPS) is 19.9. The van der Waals surface area contributed by atoms with Crippen molar-refractivity contribution in [2.45, 2.75) is 31.8 Å². The third-order valence-electron chi connectivity index (χ3n) is 3.32. The van der Waals surface area contributed by atoms with Gasteiger partial charge in [0.15, 0.2) is 0 Å². The maximum absolute atomic E-state index is 12.1. The molecule has 2 N–H and O–H groups in total. The highest BCUT2D eigenvalue weighted by molar-refractivity contribution is 7.10. The van der Waals surface area contributed by atoms with Crippen molar-refractivity contribution in [2.24, 2.45) is 0 Å². The number of nitrogens with one attached hydrogen (secondary N) is 2. The second kappa shape index (κ2) is 5.72. The number of carbonyl (C=O) groups is 1. The lowest BCUT2D eigenvalue weighted by atomic mass is 10.2. The first-order chi connectivity index (χ1) is 9.74. The van der Waals surface area contributed by atoms with Gasteiger partial charge < -0.3 is 15.2 Å². The van der Waals surface area contributed by atoms with Gasteiger partial charge in [0.05, 0.1) is 12.1 Å². The lowest BCUT2D eigenvalue weighted by Gasteiger charge is -2.09. The predicted molar refractivity (Wildman–Crippen MR) is 74.5 cm³/mol. The van der Waals surface area contributed by atoms with Crippen molar-refractivity contribution in [1.29, 1.82) is 0 Å². The molecular formula is C13H16N4O2S. The van der Waals surface area contributed by atoms with Crippen LogP contribution in [0, 0.1) is 0 Å². The van der Waals surface area contributed by atoms with Crippen LogP contribution in [0.5, 0.6) is 0 Å². The third kappa shape index (κ3) is 2.73. The van der Waals surface area contributed by atoms with Gasteiger partial charge >= 0.3 is 0 Å². The third-order valence-corrected chi connectivity index (χ3v) is 4.38. The smallest absolute Gasteiger partial charge is 0.293 e. The molecule has 0 spiro atoms. The molecule has 0 aliphatic carbocycles. The highest BCUT2D eigenvalue weighted by Crippen LogP contribution is 2.22. The summed E-state index contributed by atoms with van der Waals surface area (Å²) >= 11 is 1.60. The van der Waals surface area contributed by atoms with Crippen LogP contribution < -0.4 is 10.6 Å². The van der Waals surface area contributed by atoms with Crippen LogP contribution in [0.1, 0.15) is 53.2 Å². The van der Waals surface area contributed by atoms with E-state index in [0.29, 0.717) is 5.89 Å². The Morgan fingerprint density at radius 1 is 1.65 bits per heavy atom. The number of aromatic nitrogens is 2. The first kappa shape index (κ1) is 13.3. The van der Waals surface area contributed by atoms with Crippen molar-refractivity contribution in [2.75, 3.05) is 6.54 Å². The Morgan fingerprint density at radius 3 is 3.25 bits per heavy atom. The molecular weight excluding hydrogens is 276 g/mol. The van der Waals surface area contributed by atoms with Crippen LogP contribution in [0.15, 0.2) is 22.0 Å². The zero-order valence-electron chi connectivity index (χ0n) is 11.1. The van der Waals surface area contributed by atoms with E-state index in [1.54, 1.807) is 11.3 Å². The van der Waals surface area contributed by atoms with E-state index in [9.17, 15) is 4.79 Å². The molecule has 20 heavy (non-hydrogen) atoms. The van der Waals surface area contributed by atoms with E-state index in [-0.39, 0.29) is 23.8 Å². The number of thiophene rings is 1. The van der Waals surface area contributed by atoms with Crippen molar-refractivity contribution in [3.63, 3.8) is 0 Å². The van der Waals surface area contributed by atoms with Gasteiger partial charge in [-0.15, -0.1) is 11.3 Å². The fourth-order valence-corrected chi connectivity index (χ4v) is 2.97. The van der Waals surface area contributed by atoms with Crippen LogP contribution >= 0.6 is 11.3 Å². The molecule has 0 radical (unpaired) electrons. The summed E-state index contributed by atoms with van der Waals surface area (Å²) in [6, 6.07) is 3.97. The van der Waals surface area contributed by atoms with Crippen LogP contribution in [0.25, 0.3) is 0 Å². The Morgan fingerprint density at radius 2 is 2.55 bits per heavy atom. The van der Waals surface area contributed by atoms with Crippen LogP contribution in [0.3, 0.4) is 0 Å². The number of hydrogen-bond acceptors (Lipinski definition) is 6. The summed E-state index contributed by atoms with van der Waals surface area (Å²) in [7, 11) is 0. The largest absolute Gasteiger partial charge is 0.342 e. The Hall–Kier alpha value is -1.73. The summed E-state index contributed by atoms with van der Waals surface area (Å²) in [5, 5.41) is 11.9. The molecule has 1 amide bonds. The molecule has 1 aliphatic heterocycles. The van der Waals surface area contributed by atoms with Crippen molar-refractivity contribution in [3.8, 4) is 0 Å². The Labute approximate surface area is 120 Å². The molecule has 2 aromatic rings. The lowest BCUT2D eigenvalue weighted by Crippen LogP contribution is -2.27. The molecule has 3 heterocycles. The SMILES string of the molecule is CC(NC(=O)c1noc(C2CCCN2)n1)c1cccs1. The minimum absolute atomic E-state index is 0.0611. The fourth-order valence-electron chi connectivity index (χ4n) is 2.23. The summed E-state index contributed by atoms with van der Waals surface area (Å²) in [5.41, 5.74) is 0. The van der Waals surface area contributed by atoms with Gasteiger partial charge in [-0.1, -0.05) is 11.2 Å². The Bertz CT molecular complexity index is 575. The number of amides is 1. The Kier molecular flexibility index (Phi) is 3.79. The highest BCUT2D eigenvalue weighted by atomic mass is 32.1. The quantitative estimate of drug-likeness (QED) is 0.901. The van der Waals surface area contributed by atoms with Gasteiger partial charge in [-0.2, -0.15) is 4.98 Å². The molecule has 1 saturated heterocycles. The first-order valence-corrected chi connectivity index (χ1v) is 7.53. The summed E-state index contributed by atoms with van der Waals surface area (Å²) in [6.07, 6.45) is 2.05. The zero-order valence-corrected chi connectivity index (χ0v) is 11.9. The monoisotopic (exact) mass is 292 g/mol. The second-order valence-corrected chi connectivity index (χ2v) is 5.80. The van der Waals surface area contributed by atoms with Crippen molar-refractivity contribution >= 4 is 17.2 Å². The topological polar surface area (TPSA) is 80.0 Å². The lowest BCUT2D eigenvalue weighted by molar-refractivity contribution is 0.0927. The first-order valence-electron chi connectivity index (χ1n) is 6.65. The minimum Gasteiger partial charge on any atom is -0.342 e. The highest BCUT2D eigenvalue weighted by Gasteiger charge is 2.24. The average Bonchev–Trinajstić information content (AvgIpc) is 3.19. The van der Waals surface area contributed by atoms with Gasteiger partial charge in [0.2, 0.25) is 5.89 Å². The molecule has 1 aliphatic rings. The van der Waals surface area contributed by atoms with Crippen molar-refractivity contribution < 1.29 is 9.32 Å². The summed E-state index contributed by atoms with van der Waals surface area (Å²) < 4.78 is 5.16. The standard InChI is InChI=1S/C13H16N4O2S/c1-8(10-5-3-7-20-10)15-12(18)11-16-13(19-17-11)9-4-2-6-14-9/h3,5,7-9,14H,2,4,6H2,1H3,(H,15,18). The Balaban J connectivity index is 1.65. The predicted octanol–water partition coefficient (Wildman–Crippen LogP) is 2.05. The van der Waals surface area contributed by atoms with E-state index < -0.39 is 0 Å². The van der Waals surface area contributed by atoms with Crippen LogP contribution in [0.4, 0.5) is 0 Å². The van der Waals surface area contributed by atoms with Crippen LogP contribution in [0.2, 0.25) is 0 Å². The maximum atomic E-state index is 12.1. The molecule has 0 saturated carbocycles. The number of nitrogens with zero attached hydrogens (tertiary/aromatic N) is 2. The molecule has 1 fully saturated rings. The van der Waals surface area contributed by atoms with Gasteiger partial charge in [0, 0.05) is 4.88 Å². The average molecular weight is 292 g/mol. The fraction of sp³-hybridized carbons (Fsp3) is 0.462. The number of rotatable bonds is 4. The van der Waals surface area contributed by atoms with Gasteiger partial charge in [0.1, 0.15) is 0 Å². The minimum atomic E-state index is -0.307. The van der Waals surface area contributed by atoms with E-state index >= 15 is 0 Å². The molecule has 6 nitrogen and oxygen atoms in total. The van der Waals surface area contributed by atoms with Gasteiger partial charge in [-0.05, 0) is 37.8 Å². The van der Waals surface area contributed by atoms with Gasteiger partial charge in [0.25, 0.3) is 11.7 Å². The van der Waals surface area contributed by atoms with E-state index in [0.717, 1.165) is 24.3 Å². The molecule has 0 bridgehead atoms. The second-order valence-electron chi connectivity index (χ2n) is 4.82. The summed E-state index contributed by atoms with van der Waals surface area (Å²) in [4.78, 5) is 17.3. The van der Waals surface area contributed by atoms with E-state index in [1.807, 2.05) is 24.4 Å². The molecule has 2 aromatic heterocycles. The van der Waals surface area contributed by atoms with Crippen molar-refractivity contribution in [3.05, 3.63) is 34.1 Å². The maximum Gasteiger partial charge on any atom is 0.293 e. The van der Waals surface area contributed by atoms with Crippen molar-refractivity contribution in [1.82, 2.24) is 20.8 Å². The molecule has 0 aromatic carbocycles. The summed E-state index contributed by atoms with van der Waals surface area (Å²) in [6.45, 7) is 2.88. The molecule has 106 valence electrons.